The number of hydrogen-bond donors (Lipinski definition) is 9. The van der Waals surface area contributed by atoms with Gasteiger partial charge in [-0.15, -0.1) is 0 Å². The summed E-state index contributed by atoms with van der Waals surface area (Å²) in [4.78, 5) is 41.8. The van der Waals surface area contributed by atoms with E-state index in [9.17, 15) is 49.2 Å². The first-order chi connectivity index (χ1) is 17.6. The smallest absolute Gasteiger partial charge is 0.390 e. The minimum absolute atomic E-state index is 0.0875. The minimum atomic E-state index is -5.38. The second-order valence-corrected chi connectivity index (χ2v) is 12.0. The molecule has 19 nitrogen and oxygen atoms in total. The van der Waals surface area contributed by atoms with E-state index in [2.05, 4.69) is 23.8 Å². The van der Waals surface area contributed by atoms with Crippen LogP contribution in [-0.2, 0) is 27.2 Å². The molecule has 11 atom stereocenters. The summed E-state index contributed by atoms with van der Waals surface area (Å²) in [5.74, 6) is -0.916. The van der Waals surface area contributed by atoms with Crippen LogP contribution >= 0.6 is 15.6 Å². The van der Waals surface area contributed by atoms with Crippen molar-refractivity contribution in [3.05, 3.63) is 16.7 Å². The van der Waals surface area contributed by atoms with Crippen LogP contribution in [0.4, 0.5) is 5.95 Å². The molecule has 0 radical (unpaired) electrons. The second kappa shape index (κ2) is 10.6. The van der Waals surface area contributed by atoms with Crippen molar-refractivity contribution in [2.45, 2.75) is 62.3 Å². The van der Waals surface area contributed by atoms with Crippen LogP contribution in [0.1, 0.15) is 19.6 Å². The Labute approximate surface area is 212 Å². The number of phosphoric ester groups is 2. The van der Waals surface area contributed by atoms with Crippen molar-refractivity contribution in [3.8, 4) is 0 Å². The predicted octanol–water partition coefficient (Wildman–Crippen LogP) is -2.94. The van der Waals surface area contributed by atoms with Crippen molar-refractivity contribution >= 4 is 32.8 Å². The molecule has 1 aliphatic carbocycles. The third-order valence-corrected chi connectivity index (χ3v) is 8.87. The van der Waals surface area contributed by atoms with E-state index in [1.807, 2.05) is 0 Å². The largest absolute Gasteiger partial charge is 0.481 e. The number of nitrogens with zero attached hydrogens (tertiary/aromatic N) is 3. The molecule has 0 aromatic carbocycles. The van der Waals surface area contributed by atoms with Gasteiger partial charge in [0.15, 0.2) is 17.4 Å². The van der Waals surface area contributed by atoms with E-state index in [4.69, 9.17) is 15.0 Å². The number of imidazole rings is 1. The Morgan fingerprint density at radius 1 is 1.11 bits per heavy atom. The van der Waals surface area contributed by atoms with Crippen molar-refractivity contribution in [1.29, 1.82) is 0 Å². The number of anilines is 1. The number of nitrogens with two attached hydrogens (primary N) is 1. The number of ether oxygens (including phenoxy) is 1. The lowest BCUT2D eigenvalue weighted by molar-refractivity contribution is -0.151. The monoisotopic (exact) mass is 587 g/mol. The average Bonchev–Trinajstić information content (AvgIpc) is 3.35. The van der Waals surface area contributed by atoms with Gasteiger partial charge in [-0.1, -0.05) is 6.92 Å². The maximum Gasteiger partial charge on any atom is 0.481 e. The number of aromatic amines is 1. The summed E-state index contributed by atoms with van der Waals surface area (Å²) in [6.45, 7) is 0.545. The van der Waals surface area contributed by atoms with Gasteiger partial charge in [-0.05, 0) is 12.3 Å². The number of H-pyrrole nitrogens is 1. The fourth-order valence-corrected chi connectivity index (χ4v) is 6.52. The van der Waals surface area contributed by atoms with Crippen LogP contribution in [0.15, 0.2) is 11.1 Å². The van der Waals surface area contributed by atoms with Gasteiger partial charge in [0.1, 0.15) is 30.5 Å². The molecule has 2 aromatic rings. The second-order valence-electron chi connectivity index (χ2n) is 8.96. The molecule has 0 spiro atoms. The predicted molar refractivity (Wildman–Crippen MR) is 122 cm³/mol. The number of nitrogens with one attached hydrogen (secondary N) is 1. The fraction of sp³-hybridized carbons (Fsp3) is 0.706. The summed E-state index contributed by atoms with van der Waals surface area (Å²) in [6.07, 6.45) is -11.7. The lowest BCUT2D eigenvalue weighted by atomic mass is 9.82. The average molecular weight is 587 g/mol. The number of aliphatic hydroxyl groups excluding tert-OH is 5. The Hall–Kier alpha value is -1.83. The molecule has 21 heteroatoms. The Bertz CT molecular complexity index is 1320. The highest BCUT2D eigenvalue weighted by Gasteiger charge is 2.48. The van der Waals surface area contributed by atoms with Crippen LogP contribution in [0.25, 0.3) is 11.2 Å². The molecule has 214 valence electrons. The van der Waals surface area contributed by atoms with Crippen LogP contribution in [0.5, 0.6) is 0 Å². The number of hydrogen-bond acceptors (Lipinski definition) is 15. The number of fused-ring (bicyclic) bond motifs is 1. The first kappa shape index (κ1) is 29.2. The molecule has 1 saturated carbocycles. The van der Waals surface area contributed by atoms with Gasteiger partial charge in [0.05, 0.1) is 25.1 Å². The van der Waals surface area contributed by atoms with Crippen molar-refractivity contribution in [2.75, 3.05) is 12.3 Å². The Morgan fingerprint density at radius 2 is 1.79 bits per heavy atom. The molecule has 2 aliphatic rings. The van der Waals surface area contributed by atoms with Crippen LogP contribution < -0.4 is 11.3 Å². The van der Waals surface area contributed by atoms with Crippen molar-refractivity contribution < 1.29 is 62.5 Å². The summed E-state index contributed by atoms with van der Waals surface area (Å²) in [5, 5.41) is 50.4. The highest BCUT2D eigenvalue weighted by molar-refractivity contribution is 7.61. The van der Waals surface area contributed by atoms with Crippen molar-refractivity contribution in [1.82, 2.24) is 19.5 Å². The first-order valence-corrected chi connectivity index (χ1v) is 14.1. The zero-order valence-electron chi connectivity index (χ0n) is 19.5. The van der Waals surface area contributed by atoms with Crippen LogP contribution in [0.3, 0.4) is 0 Å². The minimum Gasteiger partial charge on any atom is -0.390 e. The summed E-state index contributed by atoms with van der Waals surface area (Å²) in [7, 11) is -10.8. The Morgan fingerprint density at radius 3 is 2.47 bits per heavy atom. The number of phosphoric acid groups is 2. The summed E-state index contributed by atoms with van der Waals surface area (Å²) in [6, 6.07) is 0. The molecular weight excluding hydrogens is 560 g/mol. The lowest BCUT2D eigenvalue weighted by Crippen LogP contribution is -2.53. The Kier molecular flexibility index (Phi) is 8.15. The molecule has 8 unspecified atom stereocenters. The highest BCUT2D eigenvalue weighted by atomic mass is 31.3. The van der Waals surface area contributed by atoms with Gasteiger partial charge in [0, 0.05) is 0 Å². The molecule has 1 aliphatic heterocycles. The fourth-order valence-electron chi connectivity index (χ4n) is 4.25. The van der Waals surface area contributed by atoms with Crippen molar-refractivity contribution in [3.63, 3.8) is 0 Å². The number of rotatable bonds is 8. The summed E-state index contributed by atoms with van der Waals surface area (Å²) >= 11 is 0. The third-order valence-electron chi connectivity index (χ3n) is 6.21. The Balaban J connectivity index is 1.39. The molecule has 2 fully saturated rings. The number of aliphatic hydroxyl groups is 5. The highest BCUT2D eigenvalue weighted by Crippen LogP contribution is 2.61. The standard InChI is InChI=1S/C17H27N5O14P2/c1-5-2-6(10(24)12(26)9(5)23)35-38(31,32)36-37(29,30)33-3-7-11(25)13(27)16(34-7)22-4-19-8-14(22)20-17(18)21-15(8)28/h4-7,9-13,16,23-27H,2-3H2,1H3,(H,29,30)(H,31,32)(H3,18,20,21,28)/t5?,6?,7-,9?,10?,11-,12?,13-,16?/m1/s1. The molecule has 4 rings (SSSR count). The summed E-state index contributed by atoms with van der Waals surface area (Å²) in [5.41, 5.74) is 4.63. The topological polar surface area (TPSA) is 302 Å². The van der Waals surface area contributed by atoms with Gasteiger partial charge in [0.2, 0.25) is 5.95 Å². The van der Waals surface area contributed by atoms with Gasteiger partial charge in [-0.25, -0.2) is 14.1 Å². The molecule has 10 N–H and O–H groups in total. The quantitative estimate of drug-likeness (QED) is 0.140. The van der Waals surface area contributed by atoms with E-state index >= 15 is 0 Å². The molecule has 1 saturated heterocycles. The van der Waals surface area contributed by atoms with Crippen LogP contribution in [0.2, 0.25) is 0 Å². The van der Waals surface area contributed by atoms with E-state index in [-0.39, 0.29) is 23.5 Å². The van der Waals surface area contributed by atoms with Crippen LogP contribution in [0, 0.1) is 5.92 Å². The SMILES string of the molecule is CC1CC(OP(=O)(O)OP(=O)(O)OC[C@H]2OC(n3cnc4c(=O)[nH]c(N)nc43)[C@H](O)[C@@H]2O)C(O)C(O)C1O. The van der Waals surface area contributed by atoms with Gasteiger partial charge >= 0.3 is 15.6 Å². The van der Waals surface area contributed by atoms with E-state index in [1.165, 1.54) is 6.92 Å². The molecule has 2 aromatic heterocycles. The van der Waals surface area contributed by atoms with Crippen molar-refractivity contribution in [2.24, 2.45) is 5.92 Å². The molecule has 3 heterocycles. The van der Waals surface area contributed by atoms with E-state index < -0.39 is 82.7 Å². The maximum absolute atomic E-state index is 12.3. The zero-order valence-corrected chi connectivity index (χ0v) is 21.3. The molecule has 0 bridgehead atoms. The number of aromatic nitrogens is 4. The maximum atomic E-state index is 12.3. The normalized spacial score (nSPS) is 37.2. The van der Waals surface area contributed by atoms with E-state index in [0.717, 1.165) is 10.9 Å². The zero-order chi connectivity index (χ0) is 28.2. The van der Waals surface area contributed by atoms with E-state index in [0.29, 0.717) is 0 Å². The van der Waals surface area contributed by atoms with Crippen LogP contribution in [-0.4, -0.2) is 104 Å². The van der Waals surface area contributed by atoms with Gasteiger partial charge < -0.3 is 45.8 Å². The third kappa shape index (κ3) is 5.85. The van der Waals surface area contributed by atoms with Gasteiger partial charge in [0.25, 0.3) is 5.56 Å². The van der Waals surface area contributed by atoms with Gasteiger partial charge in [-0.3, -0.25) is 23.4 Å². The van der Waals surface area contributed by atoms with Gasteiger partial charge in [-0.2, -0.15) is 9.29 Å². The number of nitrogen functional groups attached to an aromatic ring is 1. The lowest BCUT2D eigenvalue weighted by Gasteiger charge is -2.39. The molecule has 0 amide bonds. The van der Waals surface area contributed by atoms with E-state index in [1.54, 1.807) is 0 Å². The molecule has 38 heavy (non-hydrogen) atoms. The first-order valence-electron chi connectivity index (χ1n) is 11.1. The molecular formula is C17H27N5O14P2. The summed E-state index contributed by atoms with van der Waals surface area (Å²) < 4.78 is 44.8.